The maximum Gasteiger partial charge on any atom is 0.234 e. The van der Waals surface area contributed by atoms with Crippen molar-refractivity contribution in [2.75, 3.05) is 19.6 Å². The third-order valence-electron chi connectivity index (χ3n) is 4.54. The van der Waals surface area contributed by atoms with Crippen molar-refractivity contribution in [1.29, 1.82) is 0 Å². The number of benzene rings is 1. The number of amides is 1. The van der Waals surface area contributed by atoms with Crippen LogP contribution in [0.5, 0.6) is 0 Å². The van der Waals surface area contributed by atoms with Crippen LogP contribution in [0, 0.1) is 18.7 Å². The van der Waals surface area contributed by atoms with Gasteiger partial charge in [0.05, 0.1) is 6.54 Å². The van der Waals surface area contributed by atoms with Gasteiger partial charge in [-0.3, -0.25) is 9.69 Å². The van der Waals surface area contributed by atoms with Crippen LogP contribution in [0.4, 0.5) is 4.39 Å². The van der Waals surface area contributed by atoms with Gasteiger partial charge < -0.3 is 11.1 Å². The SMILES string of the molecule is Cc1ccc(CNC(=O)CN2CCCC(C)C2CN)cc1F.Cl. The van der Waals surface area contributed by atoms with E-state index in [4.69, 9.17) is 5.73 Å². The lowest BCUT2D eigenvalue weighted by molar-refractivity contribution is -0.123. The minimum absolute atomic E-state index is 0. The molecule has 23 heavy (non-hydrogen) atoms. The van der Waals surface area contributed by atoms with Gasteiger partial charge in [-0.1, -0.05) is 19.1 Å². The zero-order valence-corrected chi connectivity index (χ0v) is 14.7. The smallest absolute Gasteiger partial charge is 0.234 e. The fourth-order valence-corrected chi connectivity index (χ4v) is 3.10. The summed E-state index contributed by atoms with van der Waals surface area (Å²) in [4.78, 5) is 14.3. The fraction of sp³-hybridized carbons (Fsp3) is 0.588. The normalized spacial score (nSPS) is 21.6. The molecule has 0 spiro atoms. The van der Waals surface area contributed by atoms with Crippen molar-refractivity contribution < 1.29 is 9.18 Å². The van der Waals surface area contributed by atoms with Crippen LogP contribution in [-0.2, 0) is 11.3 Å². The maximum atomic E-state index is 13.5. The van der Waals surface area contributed by atoms with Crippen molar-refractivity contribution in [2.45, 2.75) is 39.3 Å². The first-order valence-electron chi connectivity index (χ1n) is 7.97. The molecule has 1 aliphatic heterocycles. The summed E-state index contributed by atoms with van der Waals surface area (Å²) in [7, 11) is 0. The van der Waals surface area contributed by atoms with Crippen molar-refractivity contribution in [3.05, 3.63) is 35.1 Å². The average molecular weight is 344 g/mol. The van der Waals surface area contributed by atoms with E-state index in [1.54, 1.807) is 13.0 Å². The molecule has 0 bridgehead atoms. The number of nitrogens with two attached hydrogens (primary N) is 1. The maximum absolute atomic E-state index is 13.5. The number of carbonyl (C=O) groups is 1. The van der Waals surface area contributed by atoms with Crippen LogP contribution in [0.15, 0.2) is 18.2 Å². The number of hydrogen-bond acceptors (Lipinski definition) is 3. The monoisotopic (exact) mass is 343 g/mol. The topological polar surface area (TPSA) is 58.4 Å². The van der Waals surface area contributed by atoms with Gasteiger partial charge in [-0.15, -0.1) is 12.4 Å². The van der Waals surface area contributed by atoms with Gasteiger partial charge in [0, 0.05) is 19.1 Å². The number of carbonyl (C=O) groups excluding carboxylic acids is 1. The molecule has 0 radical (unpaired) electrons. The predicted molar refractivity (Wildman–Crippen MR) is 93.0 cm³/mol. The van der Waals surface area contributed by atoms with Crippen LogP contribution < -0.4 is 11.1 Å². The Bertz CT molecular complexity index is 527. The molecular formula is C17H27ClFN3O. The van der Waals surface area contributed by atoms with E-state index in [2.05, 4.69) is 17.1 Å². The molecule has 0 saturated carbocycles. The summed E-state index contributed by atoms with van der Waals surface area (Å²) in [6.45, 7) is 6.13. The summed E-state index contributed by atoms with van der Waals surface area (Å²) in [6, 6.07) is 5.32. The fourth-order valence-electron chi connectivity index (χ4n) is 3.10. The predicted octanol–water partition coefficient (Wildman–Crippen LogP) is 2.23. The van der Waals surface area contributed by atoms with Crippen molar-refractivity contribution in [2.24, 2.45) is 11.7 Å². The molecule has 1 heterocycles. The highest BCUT2D eigenvalue weighted by Gasteiger charge is 2.28. The number of halogens is 2. The molecule has 2 atom stereocenters. The molecule has 130 valence electrons. The van der Waals surface area contributed by atoms with Gasteiger partial charge in [0.2, 0.25) is 5.91 Å². The molecule has 1 saturated heterocycles. The van der Waals surface area contributed by atoms with Gasteiger partial charge in [-0.05, 0) is 49.4 Å². The zero-order chi connectivity index (χ0) is 16.1. The molecule has 1 aromatic rings. The van der Waals surface area contributed by atoms with E-state index < -0.39 is 0 Å². The van der Waals surface area contributed by atoms with Crippen molar-refractivity contribution in [1.82, 2.24) is 10.2 Å². The third kappa shape index (κ3) is 5.44. The van der Waals surface area contributed by atoms with E-state index in [9.17, 15) is 9.18 Å². The Kier molecular flexibility index (Phi) is 7.95. The lowest BCUT2D eigenvalue weighted by Crippen LogP contribution is -2.51. The van der Waals surface area contributed by atoms with Crippen molar-refractivity contribution >= 4 is 18.3 Å². The minimum atomic E-state index is -0.236. The van der Waals surface area contributed by atoms with Gasteiger partial charge in [0.1, 0.15) is 5.82 Å². The third-order valence-corrected chi connectivity index (χ3v) is 4.54. The highest BCUT2D eigenvalue weighted by Crippen LogP contribution is 2.22. The molecular weight excluding hydrogens is 317 g/mol. The lowest BCUT2D eigenvalue weighted by atomic mass is 9.91. The number of aryl methyl sites for hydroxylation is 1. The first kappa shape index (κ1) is 19.9. The second kappa shape index (κ2) is 9.21. The highest BCUT2D eigenvalue weighted by molar-refractivity contribution is 5.85. The van der Waals surface area contributed by atoms with Crippen molar-refractivity contribution in [3.63, 3.8) is 0 Å². The van der Waals surface area contributed by atoms with Crippen molar-refractivity contribution in [3.8, 4) is 0 Å². The van der Waals surface area contributed by atoms with Crippen LogP contribution in [0.3, 0.4) is 0 Å². The Morgan fingerprint density at radius 3 is 2.87 bits per heavy atom. The number of nitrogens with zero attached hydrogens (tertiary/aromatic N) is 1. The summed E-state index contributed by atoms with van der Waals surface area (Å²) in [5.41, 5.74) is 7.23. The number of nitrogens with one attached hydrogen (secondary N) is 1. The number of likely N-dealkylation sites (tertiary alicyclic amines) is 1. The van der Waals surface area contributed by atoms with Gasteiger partial charge >= 0.3 is 0 Å². The molecule has 4 nitrogen and oxygen atoms in total. The summed E-state index contributed by atoms with van der Waals surface area (Å²) in [5.74, 6) is 0.256. The summed E-state index contributed by atoms with van der Waals surface area (Å²) < 4.78 is 13.5. The van der Waals surface area contributed by atoms with E-state index in [1.807, 2.05) is 6.07 Å². The minimum Gasteiger partial charge on any atom is -0.351 e. The standard InChI is InChI=1S/C17H26FN3O.ClH/c1-12-5-6-14(8-15(12)18)10-20-17(22)11-21-7-3-4-13(2)16(21)9-19;/h5-6,8,13,16H,3-4,7,9-11,19H2,1-2H3,(H,20,22);1H. The van der Waals surface area contributed by atoms with Gasteiger partial charge in [-0.25, -0.2) is 4.39 Å². The van der Waals surface area contributed by atoms with Gasteiger partial charge in [0.25, 0.3) is 0 Å². The molecule has 6 heteroatoms. The van der Waals surface area contributed by atoms with Gasteiger partial charge in [-0.2, -0.15) is 0 Å². The van der Waals surface area contributed by atoms with Crippen LogP contribution in [0.25, 0.3) is 0 Å². The van der Waals surface area contributed by atoms with E-state index in [1.165, 1.54) is 12.5 Å². The summed E-state index contributed by atoms with van der Waals surface area (Å²) >= 11 is 0. The first-order valence-corrected chi connectivity index (χ1v) is 7.97. The quantitative estimate of drug-likeness (QED) is 0.862. The zero-order valence-electron chi connectivity index (χ0n) is 13.8. The molecule has 1 aromatic carbocycles. The molecule has 2 unspecified atom stereocenters. The first-order chi connectivity index (χ1) is 10.5. The summed E-state index contributed by atoms with van der Waals surface area (Å²) in [6.07, 6.45) is 2.27. The molecule has 1 amide bonds. The Morgan fingerprint density at radius 1 is 1.48 bits per heavy atom. The molecule has 2 rings (SSSR count). The average Bonchev–Trinajstić information content (AvgIpc) is 2.49. The van der Waals surface area contributed by atoms with Gasteiger partial charge in [0.15, 0.2) is 0 Å². The lowest BCUT2D eigenvalue weighted by Gasteiger charge is -2.38. The molecule has 0 aromatic heterocycles. The Morgan fingerprint density at radius 2 is 2.22 bits per heavy atom. The number of rotatable bonds is 5. The van der Waals surface area contributed by atoms with E-state index in [0.717, 1.165) is 18.5 Å². The molecule has 3 N–H and O–H groups in total. The molecule has 1 aliphatic rings. The van der Waals surface area contributed by atoms with Crippen LogP contribution in [0.2, 0.25) is 0 Å². The number of piperidine rings is 1. The van der Waals surface area contributed by atoms with Crippen LogP contribution in [-0.4, -0.2) is 36.5 Å². The second-order valence-electron chi connectivity index (χ2n) is 6.25. The van der Waals surface area contributed by atoms with E-state index in [0.29, 0.717) is 31.1 Å². The molecule has 0 aliphatic carbocycles. The Hall–Kier alpha value is -1.17. The second-order valence-corrected chi connectivity index (χ2v) is 6.25. The van der Waals surface area contributed by atoms with Crippen LogP contribution >= 0.6 is 12.4 Å². The summed E-state index contributed by atoms with van der Waals surface area (Å²) in [5, 5.41) is 2.86. The largest absolute Gasteiger partial charge is 0.351 e. The molecule has 1 fully saturated rings. The van der Waals surface area contributed by atoms with Crippen LogP contribution in [0.1, 0.15) is 30.9 Å². The van der Waals surface area contributed by atoms with E-state index in [-0.39, 0.29) is 30.2 Å². The highest BCUT2D eigenvalue weighted by atomic mass is 35.5. The number of hydrogen-bond donors (Lipinski definition) is 2. The Labute approximate surface area is 144 Å². The Balaban J connectivity index is 0.00000264. The van der Waals surface area contributed by atoms with E-state index >= 15 is 0 Å².